The number of nitrogens with zero attached hydrogens (tertiary/aromatic N) is 1. The zero-order valence-corrected chi connectivity index (χ0v) is 12.1. The molecule has 0 aromatic heterocycles. The fraction of sp³-hybridized carbons (Fsp3) is 0.533. The molecule has 19 heavy (non-hydrogen) atoms. The highest BCUT2D eigenvalue weighted by Gasteiger charge is 2.10. The lowest BCUT2D eigenvalue weighted by atomic mass is 10.1. The second kappa shape index (κ2) is 7.26. The number of benzene rings is 1. The van der Waals surface area contributed by atoms with E-state index in [9.17, 15) is 9.90 Å². The molecule has 0 spiro atoms. The van der Waals surface area contributed by atoms with E-state index in [4.69, 9.17) is 4.74 Å². The van der Waals surface area contributed by atoms with Gasteiger partial charge in [-0.05, 0) is 45.5 Å². The molecule has 0 saturated heterocycles. The number of aliphatic hydroxyl groups is 1. The zero-order valence-electron chi connectivity index (χ0n) is 12.1. The Morgan fingerprint density at radius 1 is 1.47 bits per heavy atom. The van der Waals surface area contributed by atoms with Crippen molar-refractivity contribution in [2.24, 2.45) is 0 Å². The Morgan fingerprint density at radius 2 is 2.16 bits per heavy atom. The smallest absolute Gasteiger partial charge is 0.159 e. The van der Waals surface area contributed by atoms with Crippen molar-refractivity contribution in [3.05, 3.63) is 29.3 Å². The van der Waals surface area contributed by atoms with E-state index in [2.05, 4.69) is 4.90 Å². The Morgan fingerprint density at radius 3 is 2.68 bits per heavy atom. The molecule has 1 unspecified atom stereocenters. The predicted octanol–water partition coefficient (Wildman–Crippen LogP) is 2.10. The molecule has 4 nitrogen and oxygen atoms in total. The van der Waals surface area contributed by atoms with Crippen LogP contribution in [0.3, 0.4) is 0 Å². The third kappa shape index (κ3) is 5.01. The molecule has 1 rings (SSSR count). The monoisotopic (exact) mass is 265 g/mol. The van der Waals surface area contributed by atoms with Gasteiger partial charge in [0.15, 0.2) is 5.78 Å². The maximum absolute atomic E-state index is 11.4. The van der Waals surface area contributed by atoms with Gasteiger partial charge in [-0.3, -0.25) is 4.79 Å². The first-order valence-corrected chi connectivity index (χ1v) is 6.48. The van der Waals surface area contributed by atoms with E-state index in [1.807, 2.05) is 19.2 Å². The number of hydrogen-bond donors (Lipinski definition) is 1. The van der Waals surface area contributed by atoms with Crippen molar-refractivity contribution in [1.82, 2.24) is 4.90 Å². The van der Waals surface area contributed by atoms with Crippen LogP contribution in [0, 0.1) is 0 Å². The number of methoxy groups -OCH3 is 1. The Labute approximate surface area is 115 Å². The normalized spacial score (nSPS) is 12.5. The molecule has 0 amide bonds. The van der Waals surface area contributed by atoms with Gasteiger partial charge >= 0.3 is 0 Å². The summed E-state index contributed by atoms with van der Waals surface area (Å²) in [5.41, 5.74) is 1.68. The van der Waals surface area contributed by atoms with E-state index in [-0.39, 0.29) is 11.9 Å². The van der Waals surface area contributed by atoms with Crippen molar-refractivity contribution in [2.75, 3.05) is 20.7 Å². The number of aliphatic hydroxyl groups excluding tert-OH is 1. The van der Waals surface area contributed by atoms with Gasteiger partial charge in [-0.15, -0.1) is 0 Å². The van der Waals surface area contributed by atoms with Gasteiger partial charge in [0, 0.05) is 24.2 Å². The molecular formula is C15H23NO3. The van der Waals surface area contributed by atoms with Gasteiger partial charge < -0.3 is 14.7 Å². The minimum Gasteiger partial charge on any atom is -0.496 e. The molecule has 0 fully saturated rings. The number of rotatable bonds is 7. The van der Waals surface area contributed by atoms with Crippen LogP contribution in [0.2, 0.25) is 0 Å². The maximum Gasteiger partial charge on any atom is 0.159 e. The molecule has 4 heteroatoms. The topological polar surface area (TPSA) is 49.8 Å². The summed E-state index contributed by atoms with van der Waals surface area (Å²) in [4.78, 5) is 13.5. The fourth-order valence-electron chi connectivity index (χ4n) is 1.90. The quantitative estimate of drug-likeness (QED) is 0.767. The van der Waals surface area contributed by atoms with Crippen LogP contribution in [-0.2, 0) is 6.54 Å². The molecule has 0 radical (unpaired) electrons. The average molecular weight is 265 g/mol. The first-order valence-electron chi connectivity index (χ1n) is 6.48. The van der Waals surface area contributed by atoms with Crippen LogP contribution >= 0.6 is 0 Å². The van der Waals surface area contributed by atoms with E-state index in [0.29, 0.717) is 12.1 Å². The highest BCUT2D eigenvalue weighted by Crippen LogP contribution is 2.21. The third-order valence-electron chi connectivity index (χ3n) is 3.06. The second-order valence-corrected chi connectivity index (χ2v) is 4.96. The Hall–Kier alpha value is -1.39. The van der Waals surface area contributed by atoms with Gasteiger partial charge in [0.25, 0.3) is 0 Å². The predicted molar refractivity (Wildman–Crippen MR) is 75.6 cm³/mol. The highest BCUT2D eigenvalue weighted by molar-refractivity contribution is 5.94. The number of carbonyl (C=O) groups is 1. The first-order chi connectivity index (χ1) is 8.93. The lowest BCUT2D eigenvalue weighted by molar-refractivity contribution is 0.101. The van der Waals surface area contributed by atoms with Gasteiger partial charge in [0.05, 0.1) is 13.2 Å². The van der Waals surface area contributed by atoms with Gasteiger partial charge in [0.2, 0.25) is 0 Å². The fourth-order valence-corrected chi connectivity index (χ4v) is 1.90. The van der Waals surface area contributed by atoms with Crippen LogP contribution in [-0.4, -0.2) is 42.6 Å². The lowest BCUT2D eigenvalue weighted by Gasteiger charge is -2.19. The molecule has 106 valence electrons. The van der Waals surface area contributed by atoms with Crippen LogP contribution in [0.5, 0.6) is 5.75 Å². The van der Waals surface area contributed by atoms with Gasteiger partial charge in [-0.2, -0.15) is 0 Å². The van der Waals surface area contributed by atoms with E-state index >= 15 is 0 Å². The number of ketones is 1. The summed E-state index contributed by atoms with van der Waals surface area (Å²) in [5.74, 6) is 0.837. The summed E-state index contributed by atoms with van der Waals surface area (Å²) >= 11 is 0. The molecule has 0 bridgehead atoms. The molecule has 1 N–H and O–H groups in total. The molecule has 0 heterocycles. The van der Waals surface area contributed by atoms with Crippen molar-refractivity contribution in [2.45, 2.75) is 32.9 Å². The molecular weight excluding hydrogens is 242 g/mol. The largest absolute Gasteiger partial charge is 0.496 e. The molecule has 0 aliphatic carbocycles. The van der Waals surface area contributed by atoms with Crippen molar-refractivity contribution in [3.63, 3.8) is 0 Å². The van der Waals surface area contributed by atoms with Crippen molar-refractivity contribution in [3.8, 4) is 5.75 Å². The number of carbonyl (C=O) groups excluding carboxylic acids is 1. The zero-order chi connectivity index (χ0) is 14.4. The summed E-state index contributed by atoms with van der Waals surface area (Å²) in [6.45, 7) is 4.83. The highest BCUT2D eigenvalue weighted by atomic mass is 16.5. The summed E-state index contributed by atoms with van der Waals surface area (Å²) in [6.07, 6.45) is 0.429. The van der Waals surface area contributed by atoms with Crippen molar-refractivity contribution < 1.29 is 14.6 Å². The molecule has 0 aliphatic rings. The average Bonchev–Trinajstić information content (AvgIpc) is 2.36. The van der Waals surface area contributed by atoms with Gasteiger partial charge in [0.1, 0.15) is 5.75 Å². The van der Waals surface area contributed by atoms with Crippen LogP contribution in [0.25, 0.3) is 0 Å². The number of hydrogen-bond acceptors (Lipinski definition) is 4. The third-order valence-corrected chi connectivity index (χ3v) is 3.06. The lowest BCUT2D eigenvalue weighted by Crippen LogP contribution is -2.22. The summed E-state index contributed by atoms with van der Waals surface area (Å²) in [7, 11) is 3.62. The van der Waals surface area contributed by atoms with Crippen LogP contribution in [0.15, 0.2) is 18.2 Å². The first kappa shape index (κ1) is 15.7. The van der Waals surface area contributed by atoms with E-state index in [0.717, 1.165) is 24.3 Å². The van der Waals surface area contributed by atoms with Crippen molar-refractivity contribution >= 4 is 5.78 Å². The van der Waals surface area contributed by atoms with Crippen LogP contribution < -0.4 is 4.74 Å². The van der Waals surface area contributed by atoms with E-state index in [1.54, 1.807) is 27.0 Å². The molecule has 0 aliphatic heterocycles. The summed E-state index contributed by atoms with van der Waals surface area (Å²) < 4.78 is 5.32. The Kier molecular flexibility index (Phi) is 5.99. The molecule has 1 aromatic carbocycles. The van der Waals surface area contributed by atoms with Gasteiger partial charge in [-0.25, -0.2) is 0 Å². The number of Topliss-reactive ketones (excluding diaryl/α,β-unsaturated/α-hetero) is 1. The van der Waals surface area contributed by atoms with E-state index in [1.165, 1.54) is 0 Å². The maximum atomic E-state index is 11.4. The summed E-state index contributed by atoms with van der Waals surface area (Å²) in [6, 6.07) is 5.48. The Bertz CT molecular complexity index is 429. The van der Waals surface area contributed by atoms with Crippen molar-refractivity contribution in [1.29, 1.82) is 0 Å². The minimum absolute atomic E-state index is 0.0514. The molecule has 1 aromatic rings. The number of ether oxygens (including phenoxy) is 1. The van der Waals surface area contributed by atoms with Crippen LogP contribution in [0.1, 0.15) is 36.2 Å². The Balaban J connectivity index is 2.79. The standard InChI is InChI=1S/C15H23NO3/c1-11(17)7-8-16(3)10-14-9-13(12(2)18)5-6-15(14)19-4/h5-6,9,11,17H,7-8,10H2,1-4H3. The summed E-state index contributed by atoms with van der Waals surface area (Å²) in [5, 5.41) is 9.29. The van der Waals surface area contributed by atoms with Gasteiger partial charge in [-0.1, -0.05) is 0 Å². The van der Waals surface area contributed by atoms with E-state index < -0.39 is 0 Å². The minimum atomic E-state index is -0.298. The van der Waals surface area contributed by atoms with Crippen LogP contribution in [0.4, 0.5) is 0 Å². The second-order valence-electron chi connectivity index (χ2n) is 4.96. The molecule has 1 atom stereocenters. The molecule has 0 saturated carbocycles. The SMILES string of the molecule is COc1ccc(C(C)=O)cc1CN(C)CCC(C)O.